The van der Waals surface area contributed by atoms with Gasteiger partial charge in [-0.3, -0.25) is 14.4 Å². The van der Waals surface area contributed by atoms with Gasteiger partial charge in [0.25, 0.3) is 0 Å². The second-order valence-corrected chi connectivity index (χ2v) is 10.5. The lowest BCUT2D eigenvalue weighted by atomic mass is 9.96. The molecule has 0 bridgehead atoms. The molecule has 3 amide bonds. The van der Waals surface area contributed by atoms with Gasteiger partial charge in [0.15, 0.2) is 0 Å². The van der Waals surface area contributed by atoms with Crippen LogP contribution in [-0.4, -0.2) is 69.7 Å². The molecule has 0 saturated carbocycles. The average Bonchev–Trinajstić information content (AvgIpc) is 2.96. The predicted octanol–water partition coefficient (Wildman–Crippen LogP) is 0.924. The van der Waals surface area contributed by atoms with Gasteiger partial charge < -0.3 is 42.7 Å². The first-order valence-electron chi connectivity index (χ1n) is 14.1. The summed E-state index contributed by atoms with van der Waals surface area (Å²) in [4.78, 5) is 51.6. The van der Waals surface area contributed by atoms with Crippen LogP contribution in [0.3, 0.4) is 0 Å². The highest BCUT2D eigenvalue weighted by atomic mass is 16.4. The molecule has 0 spiro atoms. The molecule has 42 heavy (non-hydrogen) atoms. The Kier molecular flexibility index (Phi) is 13.7. The zero-order chi connectivity index (χ0) is 31.2. The summed E-state index contributed by atoms with van der Waals surface area (Å²) in [7, 11) is 0. The van der Waals surface area contributed by atoms with Crippen molar-refractivity contribution in [2.75, 3.05) is 6.54 Å². The molecule has 0 aromatic heterocycles. The Bertz CT molecular complexity index is 1170. The SMILES string of the molecule is CCC(C)C(NC(=O)C(N)Cc1ccc(O)cc1)C(=O)NC(CCCCN)C(=O)NC(Cc1ccc(O)cc1)C(=O)O. The molecule has 12 nitrogen and oxygen atoms in total. The molecule has 5 unspecified atom stereocenters. The van der Waals surface area contributed by atoms with E-state index in [9.17, 15) is 34.5 Å². The van der Waals surface area contributed by atoms with Gasteiger partial charge >= 0.3 is 5.97 Å². The molecule has 0 aliphatic heterocycles. The number of carbonyl (C=O) groups excluding carboxylic acids is 3. The van der Waals surface area contributed by atoms with E-state index in [4.69, 9.17) is 11.5 Å². The molecule has 2 aromatic carbocycles. The van der Waals surface area contributed by atoms with Crippen molar-refractivity contribution in [2.45, 2.75) is 76.5 Å². The minimum Gasteiger partial charge on any atom is -0.508 e. The summed E-state index contributed by atoms with van der Waals surface area (Å²) in [5.74, 6) is -3.25. The summed E-state index contributed by atoms with van der Waals surface area (Å²) in [6.45, 7) is 4.03. The van der Waals surface area contributed by atoms with Crippen molar-refractivity contribution in [1.29, 1.82) is 0 Å². The number of rotatable bonds is 17. The quantitative estimate of drug-likeness (QED) is 0.124. The number of carboxylic acids is 1. The zero-order valence-corrected chi connectivity index (χ0v) is 24.1. The van der Waals surface area contributed by atoms with Crippen LogP contribution >= 0.6 is 0 Å². The normalized spacial score (nSPS) is 14.6. The largest absolute Gasteiger partial charge is 0.508 e. The van der Waals surface area contributed by atoms with Crippen molar-refractivity contribution in [3.63, 3.8) is 0 Å². The Morgan fingerprint density at radius 1 is 0.762 bits per heavy atom. The Morgan fingerprint density at radius 2 is 1.29 bits per heavy atom. The molecule has 12 heteroatoms. The number of carboxylic acid groups (broad SMARTS) is 1. The fourth-order valence-corrected chi connectivity index (χ4v) is 4.30. The van der Waals surface area contributed by atoms with Crippen molar-refractivity contribution in [3.8, 4) is 11.5 Å². The standard InChI is InChI=1S/C30H43N5O7/c1-3-18(2)26(35-27(38)23(32)16-19-7-11-21(36)12-8-19)29(40)33-24(6-4-5-15-31)28(39)34-25(30(41)42)17-20-9-13-22(37)14-10-20/h7-14,18,23-26,36-37H,3-6,15-17,31-32H2,1-2H3,(H,33,40)(H,34,39)(H,35,38)(H,41,42). The van der Waals surface area contributed by atoms with Crippen molar-refractivity contribution in [2.24, 2.45) is 17.4 Å². The highest BCUT2D eigenvalue weighted by Crippen LogP contribution is 2.14. The molecule has 0 heterocycles. The van der Waals surface area contributed by atoms with Gasteiger partial charge in [0.2, 0.25) is 17.7 Å². The van der Waals surface area contributed by atoms with Crippen molar-refractivity contribution >= 4 is 23.7 Å². The van der Waals surface area contributed by atoms with E-state index in [0.717, 1.165) is 5.56 Å². The molecule has 0 aliphatic carbocycles. The van der Waals surface area contributed by atoms with Gasteiger partial charge in [0, 0.05) is 6.42 Å². The maximum Gasteiger partial charge on any atom is 0.326 e. The van der Waals surface area contributed by atoms with Crippen LogP contribution in [0.25, 0.3) is 0 Å². The van der Waals surface area contributed by atoms with Crippen LogP contribution in [0, 0.1) is 5.92 Å². The van der Waals surface area contributed by atoms with Crippen molar-refractivity contribution in [1.82, 2.24) is 16.0 Å². The van der Waals surface area contributed by atoms with Gasteiger partial charge in [0.1, 0.15) is 29.6 Å². The summed E-state index contributed by atoms with van der Waals surface area (Å²) in [5, 5.41) is 36.6. The molecule has 0 aliphatic rings. The second kappa shape index (κ2) is 16.9. The molecular weight excluding hydrogens is 542 g/mol. The molecule has 0 fully saturated rings. The molecule has 10 N–H and O–H groups in total. The third-order valence-corrected chi connectivity index (χ3v) is 7.09. The minimum atomic E-state index is -1.28. The third kappa shape index (κ3) is 11.0. The van der Waals surface area contributed by atoms with Gasteiger partial charge in [-0.1, -0.05) is 44.5 Å². The Morgan fingerprint density at radius 3 is 1.79 bits per heavy atom. The highest BCUT2D eigenvalue weighted by molar-refractivity contribution is 5.94. The van der Waals surface area contributed by atoms with E-state index in [1.165, 1.54) is 24.3 Å². The number of aliphatic carboxylic acids is 1. The van der Waals surface area contributed by atoms with Gasteiger partial charge in [-0.2, -0.15) is 0 Å². The number of benzene rings is 2. The van der Waals surface area contributed by atoms with Gasteiger partial charge in [0.05, 0.1) is 6.04 Å². The number of phenolic OH excluding ortho intramolecular Hbond substituents is 2. The predicted molar refractivity (Wildman–Crippen MR) is 157 cm³/mol. The lowest BCUT2D eigenvalue weighted by molar-refractivity contribution is -0.142. The number of phenols is 2. The van der Waals surface area contributed by atoms with Crippen LogP contribution in [0.2, 0.25) is 0 Å². The smallest absolute Gasteiger partial charge is 0.326 e. The molecule has 5 atom stereocenters. The van der Waals surface area contributed by atoms with Crippen molar-refractivity contribution in [3.05, 3.63) is 59.7 Å². The van der Waals surface area contributed by atoms with Gasteiger partial charge in [-0.25, -0.2) is 4.79 Å². The third-order valence-electron chi connectivity index (χ3n) is 7.09. The first kappa shape index (κ1) is 34.0. The lowest BCUT2D eigenvalue weighted by Gasteiger charge is -2.28. The number of aromatic hydroxyl groups is 2. The van der Waals surface area contributed by atoms with E-state index >= 15 is 0 Å². The highest BCUT2D eigenvalue weighted by Gasteiger charge is 2.32. The monoisotopic (exact) mass is 585 g/mol. The van der Waals surface area contributed by atoms with Crippen molar-refractivity contribution < 1.29 is 34.5 Å². The summed E-state index contributed by atoms with van der Waals surface area (Å²) < 4.78 is 0. The zero-order valence-electron chi connectivity index (χ0n) is 24.1. The second-order valence-electron chi connectivity index (χ2n) is 10.5. The van der Waals surface area contributed by atoms with E-state index in [1.54, 1.807) is 31.2 Å². The number of nitrogens with two attached hydrogens (primary N) is 2. The topological polar surface area (TPSA) is 217 Å². The van der Waals surface area contributed by atoms with Gasteiger partial charge in [-0.05, 0) is 73.5 Å². The molecular formula is C30H43N5O7. The number of carbonyl (C=O) groups is 4. The molecule has 0 radical (unpaired) electrons. The number of hydrogen-bond acceptors (Lipinski definition) is 8. The van der Waals surface area contributed by atoms with E-state index < -0.39 is 47.9 Å². The fourth-order valence-electron chi connectivity index (χ4n) is 4.30. The van der Waals surface area contributed by atoms with E-state index in [-0.39, 0.29) is 36.7 Å². The first-order valence-corrected chi connectivity index (χ1v) is 14.1. The lowest BCUT2D eigenvalue weighted by Crippen LogP contribution is -2.59. The molecule has 2 rings (SSSR count). The summed E-state index contributed by atoms with van der Waals surface area (Å²) in [6, 6.07) is 7.94. The van der Waals surface area contributed by atoms with Crippen LogP contribution < -0.4 is 27.4 Å². The van der Waals surface area contributed by atoms with E-state index in [0.29, 0.717) is 31.4 Å². The molecule has 230 valence electrons. The van der Waals surface area contributed by atoms with Crippen LogP contribution in [-0.2, 0) is 32.0 Å². The van der Waals surface area contributed by atoms with Crippen LogP contribution in [0.4, 0.5) is 0 Å². The molecule has 0 saturated heterocycles. The Hall–Kier alpha value is -4.16. The summed E-state index contributed by atoms with van der Waals surface area (Å²) in [5.41, 5.74) is 13.0. The number of nitrogens with one attached hydrogen (secondary N) is 3. The maximum absolute atomic E-state index is 13.4. The number of hydrogen-bond donors (Lipinski definition) is 8. The molecule has 2 aromatic rings. The first-order chi connectivity index (χ1) is 19.9. The van der Waals surface area contributed by atoms with Crippen LogP contribution in [0.1, 0.15) is 50.7 Å². The summed E-state index contributed by atoms with van der Waals surface area (Å²) >= 11 is 0. The van der Waals surface area contributed by atoms with Crippen LogP contribution in [0.15, 0.2) is 48.5 Å². The summed E-state index contributed by atoms with van der Waals surface area (Å²) in [6.07, 6.45) is 2.00. The number of unbranched alkanes of at least 4 members (excludes halogenated alkanes) is 1. The van der Waals surface area contributed by atoms with Crippen LogP contribution in [0.5, 0.6) is 11.5 Å². The minimum absolute atomic E-state index is 0.0293. The van der Waals surface area contributed by atoms with Gasteiger partial charge in [-0.15, -0.1) is 0 Å². The van der Waals surface area contributed by atoms with E-state index in [2.05, 4.69) is 16.0 Å². The Balaban J connectivity index is 2.15. The average molecular weight is 586 g/mol. The number of amides is 3. The maximum atomic E-state index is 13.4. The fraction of sp³-hybridized carbons (Fsp3) is 0.467. The van der Waals surface area contributed by atoms with E-state index in [1.807, 2.05) is 6.92 Å². The Labute approximate surface area is 245 Å².